The fourth-order valence-electron chi connectivity index (χ4n) is 1.92. The van der Waals surface area contributed by atoms with Crippen LogP contribution in [0, 0.1) is 0 Å². The minimum atomic E-state index is 0.106. The smallest absolute Gasteiger partial charge is 0.245 e. The standard InChI is InChI=1S/C10H15Cl2N5/c11-8-9(14-10(12)16-15-8)13-4-7-17-5-2-1-3-6-17/h1-7H2,(H,13,14,16). The van der Waals surface area contributed by atoms with Crippen LogP contribution in [-0.4, -0.2) is 46.3 Å². The zero-order valence-corrected chi connectivity index (χ0v) is 11.0. The van der Waals surface area contributed by atoms with Crippen molar-refractivity contribution in [1.82, 2.24) is 20.1 Å². The van der Waals surface area contributed by atoms with Crippen LogP contribution in [0.4, 0.5) is 5.82 Å². The second kappa shape index (κ2) is 6.33. The minimum absolute atomic E-state index is 0.106. The number of rotatable bonds is 4. The Labute approximate surface area is 111 Å². The van der Waals surface area contributed by atoms with Crippen molar-refractivity contribution in [3.05, 3.63) is 10.4 Å². The van der Waals surface area contributed by atoms with Crippen LogP contribution in [0.5, 0.6) is 0 Å². The van der Waals surface area contributed by atoms with Crippen molar-refractivity contribution >= 4 is 29.0 Å². The largest absolute Gasteiger partial charge is 0.366 e. The molecule has 5 nitrogen and oxygen atoms in total. The van der Waals surface area contributed by atoms with Gasteiger partial charge in [-0.05, 0) is 37.5 Å². The van der Waals surface area contributed by atoms with Crippen LogP contribution >= 0.6 is 23.2 Å². The predicted molar refractivity (Wildman–Crippen MR) is 68.6 cm³/mol. The molecule has 0 aliphatic carbocycles. The Morgan fingerprint density at radius 2 is 1.88 bits per heavy atom. The van der Waals surface area contributed by atoms with Crippen LogP contribution in [0.2, 0.25) is 10.4 Å². The van der Waals surface area contributed by atoms with E-state index in [0.717, 1.165) is 13.1 Å². The molecule has 0 saturated carbocycles. The molecular weight excluding hydrogens is 261 g/mol. The Kier molecular flexibility index (Phi) is 4.76. The molecular formula is C10H15Cl2N5. The lowest BCUT2D eigenvalue weighted by molar-refractivity contribution is 0.237. The lowest BCUT2D eigenvalue weighted by Crippen LogP contribution is -2.33. The summed E-state index contributed by atoms with van der Waals surface area (Å²) < 4.78 is 0. The van der Waals surface area contributed by atoms with E-state index in [1.807, 2.05) is 0 Å². The van der Waals surface area contributed by atoms with E-state index in [1.54, 1.807) is 0 Å². The van der Waals surface area contributed by atoms with Crippen molar-refractivity contribution < 1.29 is 0 Å². The average molecular weight is 276 g/mol. The monoisotopic (exact) mass is 275 g/mol. The summed E-state index contributed by atoms with van der Waals surface area (Å²) in [4.78, 5) is 6.42. The summed E-state index contributed by atoms with van der Waals surface area (Å²) >= 11 is 11.5. The number of hydrogen-bond donors (Lipinski definition) is 1. The first kappa shape index (κ1) is 12.8. The van der Waals surface area contributed by atoms with Crippen molar-refractivity contribution in [2.24, 2.45) is 0 Å². The number of nitrogens with zero attached hydrogens (tertiary/aromatic N) is 4. The minimum Gasteiger partial charge on any atom is -0.366 e. The molecule has 94 valence electrons. The van der Waals surface area contributed by atoms with Crippen LogP contribution in [-0.2, 0) is 0 Å². The Morgan fingerprint density at radius 3 is 2.65 bits per heavy atom. The fraction of sp³-hybridized carbons (Fsp3) is 0.700. The van der Waals surface area contributed by atoms with Gasteiger partial charge in [0.1, 0.15) is 0 Å². The highest BCUT2D eigenvalue weighted by atomic mass is 35.5. The van der Waals surface area contributed by atoms with Crippen LogP contribution in [0.15, 0.2) is 0 Å². The van der Waals surface area contributed by atoms with Gasteiger partial charge in [0.05, 0.1) is 0 Å². The van der Waals surface area contributed by atoms with Crippen molar-refractivity contribution in [2.45, 2.75) is 19.3 Å². The molecule has 7 heteroatoms. The summed E-state index contributed by atoms with van der Waals surface area (Å²) in [6, 6.07) is 0. The maximum atomic E-state index is 5.85. The van der Waals surface area contributed by atoms with Gasteiger partial charge in [-0.1, -0.05) is 18.0 Å². The van der Waals surface area contributed by atoms with Crippen molar-refractivity contribution in [2.75, 3.05) is 31.5 Å². The topological polar surface area (TPSA) is 53.9 Å². The molecule has 1 aromatic heterocycles. The quantitative estimate of drug-likeness (QED) is 0.912. The van der Waals surface area contributed by atoms with Gasteiger partial charge in [-0.2, -0.15) is 4.98 Å². The van der Waals surface area contributed by atoms with Gasteiger partial charge in [0.2, 0.25) is 5.28 Å². The van der Waals surface area contributed by atoms with Gasteiger partial charge in [-0.15, -0.1) is 10.2 Å². The van der Waals surface area contributed by atoms with Gasteiger partial charge in [-0.3, -0.25) is 0 Å². The van der Waals surface area contributed by atoms with Gasteiger partial charge in [0.15, 0.2) is 11.0 Å². The van der Waals surface area contributed by atoms with Crippen LogP contribution in [0.3, 0.4) is 0 Å². The number of piperidine rings is 1. The normalized spacial score (nSPS) is 17.1. The lowest BCUT2D eigenvalue weighted by atomic mass is 10.1. The molecule has 1 N–H and O–H groups in total. The highest BCUT2D eigenvalue weighted by Crippen LogP contribution is 2.16. The van der Waals surface area contributed by atoms with E-state index in [-0.39, 0.29) is 10.4 Å². The first-order valence-corrected chi connectivity index (χ1v) is 6.53. The maximum absolute atomic E-state index is 5.85. The number of likely N-dealkylation sites (tertiary alicyclic amines) is 1. The summed E-state index contributed by atoms with van der Waals surface area (Å²) in [7, 11) is 0. The number of halogens is 2. The predicted octanol–water partition coefficient (Wildman–Crippen LogP) is 2.08. The molecule has 2 rings (SSSR count). The summed E-state index contributed by atoms with van der Waals surface area (Å²) in [5, 5.41) is 10.7. The molecule has 0 bridgehead atoms. The molecule has 0 radical (unpaired) electrons. The molecule has 0 amide bonds. The van der Waals surface area contributed by atoms with Gasteiger partial charge in [-0.25, -0.2) is 0 Å². The second-order valence-electron chi connectivity index (χ2n) is 4.05. The SMILES string of the molecule is Clc1nnc(Cl)c(NCCN2CCCCC2)n1. The molecule has 0 unspecified atom stereocenters. The van der Waals surface area contributed by atoms with Gasteiger partial charge in [0, 0.05) is 13.1 Å². The Morgan fingerprint density at radius 1 is 1.12 bits per heavy atom. The fourth-order valence-corrected chi connectivity index (χ4v) is 2.19. The highest BCUT2D eigenvalue weighted by Gasteiger charge is 2.10. The van der Waals surface area contributed by atoms with Gasteiger partial charge >= 0.3 is 0 Å². The Hall–Kier alpha value is -0.650. The van der Waals surface area contributed by atoms with E-state index in [4.69, 9.17) is 23.2 Å². The number of nitrogens with one attached hydrogen (secondary N) is 1. The van der Waals surface area contributed by atoms with E-state index >= 15 is 0 Å². The molecule has 0 spiro atoms. The molecule has 17 heavy (non-hydrogen) atoms. The van der Waals surface area contributed by atoms with E-state index in [0.29, 0.717) is 5.82 Å². The molecule has 1 aliphatic heterocycles. The van der Waals surface area contributed by atoms with Crippen molar-refractivity contribution in [3.8, 4) is 0 Å². The maximum Gasteiger partial charge on any atom is 0.245 e. The number of aromatic nitrogens is 3. The third kappa shape index (κ3) is 3.94. The third-order valence-electron chi connectivity index (χ3n) is 2.79. The van der Waals surface area contributed by atoms with Crippen molar-refractivity contribution in [3.63, 3.8) is 0 Å². The van der Waals surface area contributed by atoms with Crippen LogP contribution in [0.1, 0.15) is 19.3 Å². The molecule has 1 saturated heterocycles. The van der Waals surface area contributed by atoms with Gasteiger partial charge < -0.3 is 10.2 Å². The first-order chi connectivity index (χ1) is 8.25. The Bertz CT molecular complexity index is 368. The van der Waals surface area contributed by atoms with Crippen LogP contribution in [0.25, 0.3) is 0 Å². The van der Waals surface area contributed by atoms with Crippen molar-refractivity contribution in [1.29, 1.82) is 0 Å². The molecule has 1 aliphatic rings. The van der Waals surface area contributed by atoms with E-state index in [9.17, 15) is 0 Å². The summed E-state index contributed by atoms with van der Waals surface area (Å²) in [5.74, 6) is 0.503. The van der Waals surface area contributed by atoms with Crippen LogP contribution < -0.4 is 5.32 Å². The molecule has 0 aromatic carbocycles. The Balaban J connectivity index is 1.79. The molecule has 1 fully saturated rings. The van der Waals surface area contributed by atoms with E-state index in [1.165, 1.54) is 32.4 Å². The number of hydrogen-bond acceptors (Lipinski definition) is 5. The molecule has 0 atom stereocenters. The summed E-state index contributed by atoms with van der Waals surface area (Å²) in [6.07, 6.45) is 3.94. The van der Waals surface area contributed by atoms with E-state index < -0.39 is 0 Å². The second-order valence-corrected chi connectivity index (χ2v) is 4.75. The third-order valence-corrected chi connectivity index (χ3v) is 3.20. The first-order valence-electron chi connectivity index (χ1n) is 5.77. The highest BCUT2D eigenvalue weighted by molar-refractivity contribution is 6.32. The number of anilines is 1. The van der Waals surface area contributed by atoms with E-state index in [2.05, 4.69) is 25.4 Å². The lowest BCUT2D eigenvalue weighted by Gasteiger charge is -2.26. The summed E-state index contributed by atoms with van der Waals surface area (Å²) in [6.45, 7) is 4.13. The molecule has 2 heterocycles. The average Bonchev–Trinajstić information content (AvgIpc) is 2.35. The zero-order valence-electron chi connectivity index (χ0n) is 9.49. The molecule has 1 aromatic rings. The van der Waals surface area contributed by atoms with Gasteiger partial charge in [0.25, 0.3) is 0 Å². The summed E-state index contributed by atoms with van der Waals surface area (Å²) in [5.41, 5.74) is 0. The zero-order chi connectivity index (χ0) is 12.1.